The number of carboxylic acid groups (broad SMARTS) is 1. The molecular weight excluding hydrogens is 356 g/mol. The van der Waals surface area contributed by atoms with Gasteiger partial charge in [0, 0.05) is 13.1 Å². The molecule has 2 aromatic carbocycles. The van der Waals surface area contributed by atoms with Crippen molar-refractivity contribution >= 4 is 40.6 Å². The number of aromatic hydroxyl groups is 2. The summed E-state index contributed by atoms with van der Waals surface area (Å²) in [6.45, 7) is 0. The second-order valence-electron chi connectivity index (χ2n) is 5.47. The number of likely N-dealkylation sites (N-methyl/N-ethyl adjacent to an activating group) is 1. The van der Waals surface area contributed by atoms with Gasteiger partial charge in [0.1, 0.15) is 17.1 Å². The summed E-state index contributed by atoms with van der Waals surface area (Å²) in [5.74, 6) is -1.78. The number of carbonyl (C=O) groups excluding carboxylic acids is 1. The molecule has 26 heavy (non-hydrogen) atoms. The number of aliphatic imine (C=N–C) groups is 1. The third-order valence-corrected chi connectivity index (χ3v) is 4.67. The fourth-order valence-electron chi connectivity index (χ4n) is 2.30. The molecule has 0 radical (unpaired) electrons. The van der Waals surface area contributed by atoms with Crippen LogP contribution in [0, 0.1) is 0 Å². The van der Waals surface area contributed by atoms with Gasteiger partial charge in [-0.3, -0.25) is 9.69 Å². The summed E-state index contributed by atoms with van der Waals surface area (Å²) in [5.41, 5.74) is 0.786. The topological polar surface area (TPSA) is 110 Å². The lowest BCUT2D eigenvalue weighted by Gasteiger charge is -2.07. The number of hydrogen-bond acceptors (Lipinski definition) is 6. The van der Waals surface area contributed by atoms with Crippen LogP contribution >= 0.6 is 11.8 Å². The van der Waals surface area contributed by atoms with Gasteiger partial charge in [-0.25, -0.2) is 9.79 Å². The molecular formula is C18H14N2O5S. The Bertz CT molecular complexity index is 968. The zero-order valence-electron chi connectivity index (χ0n) is 13.6. The Morgan fingerprint density at radius 1 is 1.19 bits per heavy atom. The van der Waals surface area contributed by atoms with Gasteiger partial charge in [0.15, 0.2) is 5.17 Å². The van der Waals surface area contributed by atoms with Crippen LogP contribution in [0.15, 0.2) is 52.4 Å². The molecule has 1 heterocycles. The number of rotatable bonds is 3. The van der Waals surface area contributed by atoms with Gasteiger partial charge in [0.2, 0.25) is 0 Å². The van der Waals surface area contributed by atoms with Crippen molar-refractivity contribution in [2.45, 2.75) is 0 Å². The van der Waals surface area contributed by atoms with E-state index >= 15 is 0 Å². The summed E-state index contributed by atoms with van der Waals surface area (Å²) < 4.78 is 0. The molecule has 7 nitrogen and oxygen atoms in total. The average Bonchev–Trinajstić information content (AvgIpc) is 2.83. The Kier molecular flexibility index (Phi) is 4.68. The fourth-order valence-corrected chi connectivity index (χ4v) is 3.29. The number of thioether (sulfide) groups is 1. The summed E-state index contributed by atoms with van der Waals surface area (Å²) in [7, 11) is 1.57. The molecule has 0 atom stereocenters. The number of aromatic carboxylic acids is 1. The van der Waals surface area contributed by atoms with Crippen LogP contribution in [0.4, 0.5) is 5.69 Å². The van der Waals surface area contributed by atoms with Gasteiger partial charge in [-0.15, -0.1) is 0 Å². The number of amides is 1. The van der Waals surface area contributed by atoms with Crippen molar-refractivity contribution in [2.75, 3.05) is 7.05 Å². The lowest BCUT2D eigenvalue weighted by atomic mass is 10.2. The third kappa shape index (κ3) is 3.55. The number of hydrogen-bond donors (Lipinski definition) is 3. The molecule has 1 amide bonds. The zero-order chi connectivity index (χ0) is 18.8. The summed E-state index contributed by atoms with van der Waals surface area (Å²) in [6.07, 6.45) is 1.65. The van der Waals surface area contributed by atoms with E-state index in [9.17, 15) is 19.8 Å². The molecule has 1 aliphatic rings. The highest BCUT2D eigenvalue weighted by Gasteiger charge is 2.30. The van der Waals surface area contributed by atoms with E-state index in [-0.39, 0.29) is 17.2 Å². The first-order valence-electron chi connectivity index (χ1n) is 7.47. The maximum atomic E-state index is 12.4. The molecule has 0 aromatic heterocycles. The quantitative estimate of drug-likeness (QED) is 0.716. The number of carboxylic acids is 1. The summed E-state index contributed by atoms with van der Waals surface area (Å²) in [4.78, 5) is 29.4. The Morgan fingerprint density at radius 3 is 2.62 bits per heavy atom. The number of phenols is 2. The molecule has 132 valence electrons. The molecule has 0 bridgehead atoms. The molecule has 3 N–H and O–H groups in total. The minimum Gasteiger partial charge on any atom is -0.508 e. The van der Waals surface area contributed by atoms with Gasteiger partial charge < -0.3 is 15.3 Å². The fraction of sp³-hybridized carbons (Fsp3) is 0.0556. The minimum absolute atomic E-state index is 0.103. The van der Waals surface area contributed by atoms with E-state index in [1.165, 1.54) is 29.2 Å². The van der Waals surface area contributed by atoms with Crippen LogP contribution in [0.25, 0.3) is 6.08 Å². The van der Waals surface area contributed by atoms with Crippen LogP contribution in [-0.4, -0.2) is 44.3 Å². The van der Waals surface area contributed by atoms with E-state index in [4.69, 9.17) is 5.11 Å². The van der Waals surface area contributed by atoms with Crippen LogP contribution in [0.1, 0.15) is 15.9 Å². The van der Waals surface area contributed by atoms with Crippen LogP contribution < -0.4 is 0 Å². The highest BCUT2D eigenvalue weighted by Crippen LogP contribution is 2.34. The molecule has 0 saturated carbocycles. The number of phenolic OH excluding ortho intramolecular Hbond substituents is 1. The van der Waals surface area contributed by atoms with Crippen LogP contribution in [0.3, 0.4) is 0 Å². The number of benzene rings is 2. The summed E-state index contributed by atoms with van der Waals surface area (Å²) in [6, 6.07) is 10.5. The van der Waals surface area contributed by atoms with Crippen molar-refractivity contribution in [3.8, 4) is 11.5 Å². The number of nitrogens with zero attached hydrogens (tertiary/aromatic N) is 2. The number of carbonyl (C=O) groups is 2. The first-order valence-corrected chi connectivity index (χ1v) is 8.28. The van der Waals surface area contributed by atoms with Crippen molar-refractivity contribution in [3.63, 3.8) is 0 Å². The Hall–Kier alpha value is -3.26. The largest absolute Gasteiger partial charge is 0.508 e. The zero-order valence-corrected chi connectivity index (χ0v) is 14.4. The van der Waals surface area contributed by atoms with Gasteiger partial charge in [-0.05, 0) is 47.7 Å². The van der Waals surface area contributed by atoms with Crippen LogP contribution in [-0.2, 0) is 4.79 Å². The highest BCUT2D eigenvalue weighted by molar-refractivity contribution is 8.18. The van der Waals surface area contributed by atoms with Crippen molar-refractivity contribution in [1.29, 1.82) is 0 Å². The van der Waals surface area contributed by atoms with Gasteiger partial charge >= 0.3 is 5.97 Å². The lowest BCUT2D eigenvalue weighted by Crippen LogP contribution is -2.23. The molecule has 8 heteroatoms. The van der Waals surface area contributed by atoms with E-state index in [2.05, 4.69) is 4.99 Å². The van der Waals surface area contributed by atoms with Crippen LogP contribution in [0.2, 0.25) is 0 Å². The molecule has 0 aliphatic carbocycles. The van der Waals surface area contributed by atoms with Gasteiger partial charge in [-0.1, -0.05) is 12.1 Å². The maximum absolute atomic E-state index is 12.4. The second kappa shape index (κ2) is 6.93. The molecule has 0 unspecified atom stereocenters. The first-order chi connectivity index (χ1) is 12.3. The number of amidine groups is 1. The van der Waals surface area contributed by atoms with Crippen molar-refractivity contribution < 1.29 is 24.9 Å². The van der Waals surface area contributed by atoms with E-state index in [1.54, 1.807) is 31.3 Å². The van der Waals surface area contributed by atoms with E-state index < -0.39 is 11.7 Å². The Labute approximate surface area is 152 Å². The van der Waals surface area contributed by atoms with Gasteiger partial charge in [0.25, 0.3) is 5.91 Å². The van der Waals surface area contributed by atoms with Gasteiger partial charge in [0.05, 0.1) is 10.6 Å². The monoisotopic (exact) mass is 370 g/mol. The first kappa shape index (κ1) is 17.6. The smallest absolute Gasteiger partial charge is 0.339 e. The standard InChI is InChI=1S/C18H14N2O5S/c1-20-16(23)15(8-10-3-2-4-12(21)7-10)26-18(20)19-11-5-6-13(17(24)25)14(22)9-11/h2-9,21-22H,1H3,(H,24,25)/b15-8-,19-18?. The minimum atomic E-state index is -1.24. The second-order valence-corrected chi connectivity index (χ2v) is 6.48. The Balaban J connectivity index is 1.90. The SMILES string of the molecule is CN1C(=O)/C(=C/c2cccc(O)c2)SC1=Nc1ccc(C(=O)O)c(O)c1. The molecule has 3 rings (SSSR count). The van der Waals surface area contributed by atoms with Crippen molar-refractivity contribution in [1.82, 2.24) is 4.90 Å². The van der Waals surface area contributed by atoms with Gasteiger partial charge in [-0.2, -0.15) is 0 Å². The predicted octanol–water partition coefficient (Wildman–Crippen LogP) is 3.03. The summed E-state index contributed by atoms with van der Waals surface area (Å²) >= 11 is 1.15. The average molecular weight is 370 g/mol. The normalized spacial score (nSPS) is 17.3. The lowest BCUT2D eigenvalue weighted by molar-refractivity contribution is -0.121. The van der Waals surface area contributed by atoms with Crippen molar-refractivity contribution in [2.24, 2.45) is 4.99 Å². The molecule has 1 saturated heterocycles. The van der Waals surface area contributed by atoms with Crippen molar-refractivity contribution in [3.05, 3.63) is 58.5 Å². The predicted molar refractivity (Wildman–Crippen MR) is 98.6 cm³/mol. The maximum Gasteiger partial charge on any atom is 0.339 e. The Morgan fingerprint density at radius 2 is 1.96 bits per heavy atom. The van der Waals surface area contributed by atoms with Crippen LogP contribution in [0.5, 0.6) is 11.5 Å². The van der Waals surface area contributed by atoms with E-state index in [0.29, 0.717) is 21.3 Å². The molecule has 1 fully saturated rings. The third-order valence-electron chi connectivity index (χ3n) is 3.61. The highest BCUT2D eigenvalue weighted by atomic mass is 32.2. The van der Waals surface area contributed by atoms with E-state index in [1.807, 2.05) is 0 Å². The molecule has 0 spiro atoms. The summed E-state index contributed by atoms with van der Waals surface area (Å²) in [5, 5.41) is 28.6. The van der Waals surface area contributed by atoms with E-state index in [0.717, 1.165) is 11.8 Å². The molecule has 1 aliphatic heterocycles. The molecule has 2 aromatic rings.